The van der Waals surface area contributed by atoms with E-state index >= 15 is 0 Å². The van der Waals surface area contributed by atoms with Gasteiger partial charge in [-0.1, -0.05) is 24.3 Å². The molecule has 6 nitrogen and oxygen atoms in total. The van der Waals surface area contributed by atoms with Crippen molar-refractivity contribution in [2.45, 2.75) is 31.2 Å². The minimum atomic E-state index is -3.58. The predicted molar refractivity (Wildman–Crippen MR) is 123 cm³/mol. The van der Waals surface area contributed by atoms with Gasteiger partial charge in [-0.05, 0) is 61.2 Å². The van der Waals surface area contributed by atoms with Gasteiger partial charge in [0, 0.05) is 25.2 Å². The first-order chi connectivity index (χ1) is 15.3. The number of nitrogens with zero attached hydrogens (tertiary/aromatic N) is 3. The van der Waals surface area contributed by atoms with Crippen molar-refractivity contribution in [3.05, 3.63) is 71.3 Å². The fourth-order valence-electron chi connectivity index (χ4n) is 3.73. The Morgan fingerprint density at radius 1 is 1.22 bits per heavy atom. The van der Waals surface area contributed by atoms with Gasteiger partial charge in [-0.25, -0.2) is 12.8 Å². The van der Waals surface area contributed by atoms with Crippen LogP contribution in [0.15, 0.2) is 65.0 Å². The van der Waals surface area contributed by atoms with Gasteiger partial charge in [-0.2, -0.15) is 9.30 Å². The molecule has 0 N–H and O–H groups in total. The highest BCUT2D eigenvalue weighted by Crippen LogP contribution is 2.24. The average molecular weight is 474 g/mol. The number of benzene rings is 2. The van der Waals surface area contributed by atoms with E-state index in [9.17, 15) is 17.6 Å². The predicted octanol–water partition coefficient (Wildman–Crippen LogP) is 4.19. The van der Waals surface area contributed by atoms with Crippen LogP contribution in [0.2, 0.25) is 0 Å². The summed E-state index contributed by atoms with van der Waals surface area (Å²) in [6, 6.07) is 10.3. The van der Waals surface area contributed by atoms with E-state index in [0.717, 1.165) is 18.4 Å². The fraction of sp³-hybridized carbons (Fsp3) is 0.304. The van der Waals surface area contributed by atoms with Crippen molar-refractivity contribution in [3.8, 4) is 0 Å². The SMILES string of the molecule is C=CCn1c(=NC(=O)c2ccc(S(=O)(=O)N3CCC(C)CC3)cc2)sc2cc(F)ccc21. The number of carbonyl (C=O) groups is 1. The van der Waals surface area contributed by atoms with Crippen molar-refractivity contribution in [2.24, 2.45) is 10.9 Å². The number of halogens is 1. The van der Waals surface area contributed by atoms with Crippen LogP contribution < -0.4 is 4.80 Å². The molecule has 32 heavy (non-hydrogen) atoms. The third-order valence-electron chi connectivity index (χ3n) is 5.64. The third kappa shape index (κ3) is 4.46. The maximum atomic E-state index is 13.6. The van der Waals surface area contributed by atoms with Crippen LogP contribution in [-0.4, -0.2) is 36.3 Å². The minimum Gasteiger partial charge on any atom is -0.312 e. The normalized spacial score (nSPS) is 16.5. The Balaban J connectivity index is 1.63. The van der Waals surface area contributed by atoms with Crippen molar-refractivity contribution in [2.75, 3.05) is 13.1 Å². The number of piperidine rings is 1. The van der Waals surface area contributed by atoms with Gasteiger partial charge in [-0.15, -0.1) is 6.58 Å². The van der Waals surface area contributed by atoms with Gasteiger partial charge in [0.25, 0.3) is 5.91 Å². The maximum absolute atomic E-state index is 13.6. The summed E-state index contributed by atoms with van der Waals surface area (Å²) in [5.41, 5.74) is 1.05. The molecule has 0 aliphatic carbocycles. The average Bonchev–Trinajstić information content (AvgIpc) is 3.10. The zero-order chi connectivity index (χ0) is 22.9. The molecule has 0 saturated carbocycles. The zero-order valence-electron chi connectivity index (χ0n) is 17.7. The number of rotatable bonds is 5. The summed E-state index contributed by atoms with van der Waals surface area (Å²) < 4.78 is 43.3. The highest BCUT2D eigenvalue weighted by atomic mass is 32.2. The van der Waals surface area contributed by atoms with Gasteiger partial charge in [0.2, 0.25) is 10.0 Å². The Bertz CT molecular complexity index is 1330. The highest BCUT2D eigenvalue weighted by Gasteiger charge is 2.28. The number of hydrogen-bond donors (Lipinski definition) is 0. The van der Waals surface area contributed by atoms with Crippen molar-refractivity contribution < 1.29 is 17.6 Å². The first kappa shape index (κ1) is 22.6. The summed E-state index contributed by atoms with van der Waals surface area (Å²) >= 11 is 1.21. The lowest BCUT2D eigenvalue weighted by Gasteiger charge is -2.29. The van der Waals surface area contributed by atoms with E-state index < -0.39 is 15.9 Å². The summed E-state index contributed by atoms with van der Waals surface area (Å²) in [6.07, 6.45) is 3.37. The van der Waals surface area contributed by atoms with Gasteiger partial charge in [0.05, 0.1) is 15.1 Å². The molecule has 3 aromatic rings. The van der Waals surface area contributed by atoms with E-state index in [1.165, 1.54) is 52.0 Å². The number of sulfonamides is 1. The van der Waals surface area contributed by atoms with Gasteiger partial charge in [-0.3, -0.25) is 4.79 Å². The molecule has 9 heteroatoms. The largest absolute Gasteiger partial charge is 0.312 e. The van der Waals surface area contributed by atoms with Crippen molar-refractivity contribution >= 4 is 37.5 Å². The molecule has 1 aliphatic heterocycles. The molecule has 1 aromatic heterocycles. The van der Waals surface area contributed by atoms with Crippen LogP contribution in [0.5, 0.6) is 0 Å². The second kappa shape index (κ2) is 9.09. The van der Waals surface area contributed by atoms with Crippen molar-refractivity contribution in [1.29, 1.82) is 0 Å². The van der Waals surface area contributed by atoms with E-state index in [0.29, 0.717) is 35.1 Å². The number of allylic oxidation sites excluding steroid dienone is 1. The van der Waals surface area contributed by atoms with E-state index in [4.69, 9.17) is 0 Å². The Labute approximate surface area is 190 Å². The van der Waals surface area contributed by atoms with Crippen LogP contribution in [0.1, 0.15) is 30.1 Å². The molecule has 1 saturated heterocycles. The fourth-order valence-corrected chi connectivity index (χ4v) is 6.27. The molecule has 1 fully saturated rings. The smallest absolute Gasteiger partial charge is 0.279 e. The first-order valence-electron chi connectivity index (χ1n) is 10.4. The molecular weight excluding hydrogens is 449 g/mol. The monoisotopic (exact) mass is 473 g/mol. The number of aromatic nitrogens is 1. The van der Waals surface area contributed by atoms with E-state index in [2.05, 4.69) is 18.5 Å². The lowest BCUT2D eigenvalue weighted by Crippen LogP contribution is -2.37. The molecule has 2 aromatic carbocycles. The third-order valence-corrected chi connectivity index (χ3v) is 8.59. The molecule has 4 rings (SSSR count). The molecule has 0 unspecified atom stereocenters. The minimum absolute atomic E-state index is 0.169. The van der Waals surface area contributed by atoms with Crippen molar-refractivity contribution in [3.63, 3.8) is 0 Å². The zero-order valence-corrected chi connectivity index (χ0v) is 19.3. The first-order valence-corrected chi connectivity index (χ1v) is 12.6. The number of amides is 1. The summed E-state index contributed by atoms with van der Waals surface area (Å²) in [4.78, 5) is 17.6. The van der Waals surface area contributed by atoms with Crippen molar-refractivity contribution in [1.82, 2.24) is 8.87 Å². The van der Waals surface area contributed by atoms with Crippen LogP contribution in [0.3, 0.4) is 0 Å². The van der Waals surface area contributed by atoms with Crippen LogP contribution in [0.25, 0.3) is 10.2 Å². The number of thiazole rings is 1. The van der Waals surface area contributed by atoms with Gasteiger partial charge in [0.15, 0.2) is 4.80 Å². The quantitative estimate of drug-likeness (QED) is 0.522. The number of carbonyl (C=O) groups excluding carboxylic acids is 1. The molecule has 0 atom stereocenters. The molecule has 0 radical (unpaired) electrons. The molecule has 1 aliphatic rings. The van der Waals surface area contributed by atoms with Gasteiger partial charge in [0.1, 0.15) is 5.82 Å². The Kier molecular flexibility index (Phi) is 6.41. The number of fused-ring (bicyclic) bond motifs is 1. The lowest BCUT2D eigenvalue weighted by molar-refractivity contribution is 0.0997. The van der Waals surface area contributed by atoms with E-state index in [1.807, 2.05) is 0 Å². The molecule has 1 amide bonds. The summed E-state index contributed by atoms with van der Waals surface area (Å²) in [5, 5.41) is 0. The maximum Gasteiger partial charge on any atom is 0.279 e. The number of hydrogen-bond acceptors (Lipinski definition) is 4. The molecule has 0 bridgehead atoms. The Hall–Kier alpha value is -2.62. The molecular formula is C23H24FN3O3S2. The highest BCUT2D eigenvalue weighted by molar-refractivity contribution is 7.89. The standard InChI is InChI=1S/C23H24FN3O3S2/c1-3-12-27-20-9-6-18(24)15-21(20)31-23(27)25-22(28)17-4-7-19(8-5-17)32(29,30)26-13-10-16(2)11-14-26/h3-9,15-16H,1,10-14H2,2H3. The summed E-state index contributed by atoms with van der Waals surface area (Å²) in [7, 11) is -3.58. The van der Waals surface area contributed by atoms with Gasteiger partial charge >= 0.3 is 0 Å². The summed E-state index contributed by atoms with van der Waals surface area (Å²) in [5.74, 6) is -0.328. The van der Waals surface area contributed by atoms with Crippen LogP contribution in [-0.2, 0) is 16.6 Å². The molecule has 0 spiro atoms. The van der Waals surface area contributed by atoms with Crippen LogP contribution in [0.4, 0.5) is 4.39 Å². The summed E-state index contributed by atoms with van der Waals surface area (Å²) in [6.45, 7) is 7.30. The Morgan fingerprint density at radius 3 is 2.56 bits per heavy atom. The van der Waals surface area contributed by atoms with Gasteiger partial charge < -0.3 is 4.57 Å². The van der Waals surface area contributed by atoms with Crippen LogP contribution >= 0.6 is 11.3 Å². The van der Waals surface area contributed by atoms with E-state index in [-0.39, 0.29) is 16.3 Å². The Morgan fingerprint density at radius 2 is 1.91 bits per heavy atom. The van der Waals surface area contributed by atoms with Crippen LogP contribution in [0, 0.1) is 11.7 Å². The second-order valence-electron chi connectivity index (χ2n) is 7.92. The molecule has 168 valence electrons. The second-order valence-corrected chi connectivity index (χ2v) is 10.9. The van der Waals surface area contributed by atoms with E-state index in [1.54, 1.807) is 16.7 Å². The molecule has 2 heterocycles. The topological polar surface area (TPSA) is 71.7 Å². The lowest BCUT2D eigenvalue weighted by atomic mass is 10.0.